The van der Waals surface area contributed by atoms with Crippen LogP contribution >= 0.6 is 11.3 Å². The highest BCUT2D eigenvalue weighted by Crippen LogP contribution is 2.37. The predicted octanol–water partition coefficient (Wildman–Crippen LogP) is 9.72. The van der Waals surface area contributed by atoms with Crippen LogP contribution in [0.4, 0.5) is 0 Å². The molecule has 0 spiro atoms. The van der Waals surface area contributed by atoms with Crippen molar-refractivity contribution in [2.24, 2.45) is 0 Å². The Kier molecular flexibility index (Phi) is 7.45. The summed E-state index contributed by atoms with van der Waals surface area (Å²) in [5.74, 6) is 0.283. The summed E-state index contributed by atoms with van der Waals surface area (Å²) in [7, 11) is 0. The number of rotatable bonds is 8. The highest BCUT2D eigenvalue weighted by atomic mass is 32.1. The van der Waals surface area contributed by atoms with E-state index >= 15 is 0 Å². The van der Waals surface area contributed by atoms with Gasteiger partial charge in [0.15, 0.2) is 0 Å². The highest BCUT2D eigenvalue weighted by Gasteiger charge is 2.17. The van der Waals surface area contributed by atoms with Gasteiger partial charge in [-0.15, -0.1) is 17.9 Å². The zero-order valence-electron chi connectivity index (χ0n) is 20.3. The van der Waals surface area contributed by atoms with Crippen molar-refractivity contribution in [3.8, 4) is 22.3 Å². The monoisotopic (exact) mass is 460 g/mol. The van der Waals surface area contributed by atoms with E-state index in [1.807, 2.05) is 23.5 Å². The third-order valence-corrected chi connectivity index (χ3v) is 8.02. The summed E-state index contributed by atoms with van der Waals surface area (Å²) in [4.78, 5) is 2.75. The fourth-order valence-corrected chi connectivity index (χ4v) is 5.82. The molecule has 1 unspecified atom stereocenters. The minimum Gasteiger partial charge on any atom is -0.140 e. The molecule has 0 saturated heterocycles. The van der Waals surface area contributed by atoms with Gasteiger partial charge in [0, 0.05) is 15.7 Å². The Morgan fingerprint density at radius 1 is 0.794 bits per heavy atom. The van der Waals surface area contributed by atoms with Gasteiger partial charge < -0.3 is 0 Å². The zero-order chi connectivity index (χ0) is 24.1. The number of hydrogen-bond acceptors (Lipinski definition) is 1. The zero-order valence-corrected chi connectivity index (χ0v) is 21.2. The molecule has 0 amide bonds. The maximum absolute atomic E-state index is 4.18. The lowest BCUT2D eigenvalue weighted by Crippen LogP contribution is -2.01. The van der Waals surface area contributed by atoms with E-state index in [1.165, 1.54) is 54.3 Å². The molecule has 0 bridgehead atoms. The summed E-state index contributed by atoms with van der Waals surface area (Å²) < 4.78 is 0. The van der Waals surface area contributed by atoms with Crippen molar-refractivity contribution in [2.75, 3.05) is 0 Å². The SMILES string of the molecule is C=C/C=C\c1sc(CC(C=C)c2ccc(-c3ccccc3-c3ccccc3)c(C)c2)c(C)c1C. The number of aryl methyl sites for hydroxylation is 1. The molecule has 1 atom stereocenters. The Bertz CT molecular complexity index is 1330. The normalized spacial score (nSPS) is 12.1. The van der Waals surface area contributed by atoms with Crippen LogP contribution in [0.25, 0.3) is 28.3 Å². The van der Waals surface area contributed by atoms with Gasteiger partial charge >= 0.3 is 0 Å². The van der Waals surface area contributed by atoms with Crippen LogP contribution in [0.1, 0.15) is 37.9 Å². The minimum absolute atomic E-state index is 0.283. The first-order valence-electron chi connectivity index (χ1n) is 11.8. The van der Waals surface area contributed by atoms with E-state index in [-0.39, 0.29) is 5.92 Å². The molecule has 4 rings (SSSR count). The molecule has 0 nitrogen and oxygen atoms in total. The van der Waals surface area contributed by atoms with E-state index in [9.17, 15) is 0 Å². The largest absolute Gasteiger partial charge is 0.140 e. The van der Waals surface area contributed by atoms with Gasteiger partial charge in [0.25, 0.3) is 0 Å². The van der Waals surface area contributed by atoms with Crippen molar-refractivity contribution < 1.29 is 0 Å². The molecule has 0 radical (unpaired) electrons. The predicted molar refractivity (Wildman–Crippen MR) is 152 cm³/mol. The molecule has 0 aliphatic rings. The highest BCUT2D eigenvalue weighted by molar-refractivity contribution is 7.13. The number of benzene rings is 3. The van der Waals surface area contributed by atoms with Gasteiger partial charge in [0.2, 0.25) is 0 Å². The van der Waals surface area contributed by atoms with Gasteiger partial charge in [0.1, 0.15) is 0 Å². The second-order valence-electron chi connectivity index (χ2n) is 8.77. The Morgan fingerprint density at radius 3 is 2.18 bits per heavy atom. The van der Waals surface area contributed by atoms with E-state index in [2.05, 4.69) is 119 Å². The molecule has 4 aromatic rings. The molecule has 170 valence electrons. The lowest BCUT2D eigenvalue weighted by molar-refractivity contribution is 0.844. The average Bonchev–Trinajstić information content (AvgIpc) is 3.14. The van der Waals surface area contributed by atoms with Crippen molar-refractivity contribution in [1.29, 1.82) is 0 Å². The summed E-state index contributed by atoms with van der Waals surface area (Å²) in [6.07, 6.45) is 9.08. The maximum Gasteiger partial charge on any atom is 0.0305 e. The number of thiophene rings is 1. The third-order valence-electron chi connectivity index (χ3n) is 6.64. The Hall–Kier alpha value is -3.42. The van der Waals surface area contributed by atoms with Gasteiger partial charge in [0.05, 0.1) is 0 Å². The molecule has 1 heterocycles. The number of hydrogen-bond donors (Lipinski definition) is 0. The lowest BCUT2D eigenvalue weighted by Gasteiger charge is -2.17. The summed E-state index contributed by atoms with van der Waals surface area (Å²) in [6, 6.07) is 26.2. The Labute approximate surface area is 208 Å². The van der Waals surface area contributed by atoms with Crippen LogP contribution in [0.2, 0.25) is 0 Å². The molecule has 0 aliphatic carbocycles. The van der Waals surface area contributed by atoms with Gasteiger partial charge in [-0.2, -0.15) is 0 Å². The fraction of sp³-hybridized carbons (Fsp3) is 0.152. The first-order valence-corrected chi connectivity index (χ1v) is 12.6. The van der Waals surface area contributed by atoms with Crippen LogP contribution in [-0.4, -0.2) is 0 Å². The van der Waals surface area contributed by atoms with Gasteiger partial charge in [-0.05, 0) is 77.8 Å². The van der Waals surface area contributed by atoms with E-state index in [4.69, 9.17) is 0 Å². The summed E-state index contributed by atoms with van der Waals surface area (Å²) in [5, 5.41) is 0. The Morgan fingerprint density at radius 2 is 1.50 bits per heavy atom. The smallest absolute Gasteiger partial charge is 0.0305 e. The molecule has 3 aromatic carbocycles. The summed E-state index contributed by atoms with van der Waals surface area (Å²) >= 11 is 1.89. The molecule has 0 saturated carbocycles. The van der Waals surface area contributed by atoms with E-state index in [0.29, 0.717) is 0 Å². The van der Waals surface area contributed by atoms with Crippen molar-refractivity contribution in [1.82, 2.24) is 0 Å². The summed E-state index contributed by atoms with van der Waals surface area (Å²) in [5.41, 5.74) is 10.4. The maximum atomic E-state index is 4.18. The van der Waals surface area contributed by atoms with Crippen LogP contribution in [0.15, 0.2) is 104 Å². The van der Waals surface area contributed by atoms with Crippen LogP contribution in [0, 0.1) is 20.8 Å². The standard InChI is InChI=1S/C33H32S/c1-6-8-18-32-24(4)25(5)33(34-32)22-26(7-2)28-19-20-29(23(3)21-28)31-17-13-12-16-30(31)27-14-10-9-11-15-27/h6-21,26H,1-2,22H2,3-5H3/b18-8-. The van der Waals surface area contributed by atoms with Crippen molar-refractivity contribution in [3.05, 3.63) is 136 Å². The molecule has 0 N–H and O–H groups in total. The van der Waals surface area contributed by atoms with Crippen molar-refractivity contribution >= 4 is 17.4 Å². The van der Waals surface area contributed by atoms with E-state index < -0.39 is 0 Å². The topological polar surface area (TPSA) is 0 Å². The molecule has 34 heavy (non-hydrogen) atoms. The third kappa shape index (κ3) is 4.90. The number of allylic oxidation sites excluding steroid dienone is 3. The molecule has 0 aliphatic heterocycles. The Balaban J connectivity index is 1.66. The minimum atomic E-state index is 0.283. The van der Waals surface area contributed by atoms with Crippen LogP contribution in [-0.2, 0) is 6.42 Å². The van der Waals surface area contributed by atoms with Crippen LogP contribution < -0.4 is 0 Å². The molecule has 1 aromatic heterocycles. The fourth-order valence-electron chi connectivity index (χ4n) is 4.53. The second kappa shape index (κ2) is 10.7. The van der Waals surface area contributed by atoms with E-state index in [1.54, 1.807) is 0 Å². The molecule has 1 heteroatoms. The molecule has 0 fully saturated rings. The summed E-state index contributed by atoms with van der Waals surface area (Å²) in [6.45, 7) is 14.7. The first-order chi connectivity index (χ1) is 16.5. The van der Waals surface area contributed by atoms with Gasteiger partial charge in [-0.25, -0.2) is 0 Å². The second-order valence-corrected chi connectivity index (χ2v) is 9.90. The van der Waals surface area contributed by atoms with Crippen molar-refractivity contribution in [3.63, 3.8) is 0 Å². The van der Waals surface area contributed by atoms with Gasteiger partial charge in [-0.3, -0.25) is 0 Å². The molecular weight excluding hydrogens is 428 g/mol. The first kappa shape index (κ1) is 23.7. The quantitative estimate of drug-likeness (QED) is 0.181. The van der Waals surface area contributed by atoms with Gasteiger partial charge in [-0.1, -0.05) is 97.6 Å². The van der Waals surface area contributed by atoms with Crippen LogP contribution in [0.5, 0.6) is 0 Å². The lowest BCUT2D eigenvalue weighted by atomic mass is 9.88. The van der Waals surface area contributed by atoms with Crippen LogP contribution in [0.3, 0.4) is 0 Å². The average molecular weight is 461 g/mol. The van der Waals surface area contributed by atoms with Crippen molar-refractivity contribution in [2.45, 2.75) is 33.1 Å². The van der Waals surface area contributed by atoms with E-state index in [0.717, 1.165) is 6.42 Å². The molecular formula is C33H32S.